The first kappa shape index (κ1) is 14.4. The number of carbonyl (C=O) groups is 2. The van der Waals surface area contributed by atoms with Crippen LogP contribution in [0.1, 0.15) is 37.9 Å². The van der Waals surface area contributed by atoms with Crippen molar-refractivity contribution < 1.29 is 19.1 Å². The Morgan fingerprint density at radius 2 is 2.20 bits per heavy atom. The van der Waals surface area contributed by atoms with Crippen molar-refractivity contribution in [3.63, 3.8) is 0 Å². The molecular weight excluding hydrogens is 258 g/mol. The first-order valence-electron chi connectivity index (χ1n) is 6.60. The van der Waals surface area contributed by atoms with Gasteiger partial charge in [-0.2, -0.15) is 0 Å². The SMILES string of the molecule is CC(C)(C)OC(=O)NC(C=O)c1cccc2c1OCC2. The smallest absolute Gasteiger partial charge is 0.408 e. The van der Waals surface area contributed by atoms with Crippen molar-refractivity contribution in [3.8, 4) is 5.75 Å². The predicted octanol–water partition coefficient (Wildman–Crippen LogP) is 2.39. The molecule has 2 rings (SSSR count). The Bertz CT molecular complexity index is 519. The molecule has 0 spiro atoms. The van der Waals surface area contributed by atoms with Gasteiger partial charge in [0.05, 0.1) is 6.61 Å². The van der Waals surface area contributed by atoms with E-state index in [9.17, 15) is 9.59 Å². The van der Waals surface area contributed by atoms with Gasteiger partial charge in [0, 0.05) is 12.0 Å². The summed E-state index contributed by atoms with van der Waals surface area (Å²) < 4.78 is 10.7. The standard InChI is InChI=1S/C15H19NO4/c1-15(2,3)20-14(18)16-12(9-17)11-6-4-5-10-7-8-19-13(10)11/h4-6,9,12H,7-8H2,1-3H3,(H,16,18). The number of para-hydroxylation sites is 1. The van der Waals surface area contributed by atoms with E-state index in [1.54, 1.807) is 26.8 Å². The summed E-state index contributed by atoms with van der Waals surface area (Å²) >= 11 is 0. The van der Waals surface area contributed by atoms with Crippen LogP contribution < -0.4 is 10.1 Å². The van der Waals surface area contributed by atoms with E-state index >= 15 is 0 Å². The molecule has 0 fully saturated rings. The maximum absolute atomic E-state index is 11.8. The third-order valence-corrected chi connectivity index (χ3v) is 2.89. The van der Waals surface area contributed by atoms with Crippen LogP contribution in [0, 0.1) is 0 Å². The van der Waals surface area contributed by atoms with Gasteiger partial charge in [-0.1, -0.05) is 18.2 Å². The summed E-state index contributed by atoms with van der Waals surface area (Å²) in [6.07, 6.45) is 0.882. The minimum atomic E-state index is -0.766. The van der Waals surface area contributed by atoms with Gasteiger partial charge in [-0.25, -0.2) is 4.79 Å². The van der Waals surface area contributed by atoms with E-state index in [4.69, 9.17) is 9.47 Å². The van der Waals surface area contributed by atoms with Crippen LogP contribution in [0.4, 0.5) is 4.79 Å². The number of amides is 1. The lowest BCUT2D eigenvalue weighted by Crippen LogP contribution is -2.35. The zero-order valence-corrected chi connectivity index (χ0v) is 11.9. The van der Waals surface area contributed by atoms with Crippen molar-refractivity contribution in [1.29, 1.82) is 0 Å². The van der Waals surface area contributed by atoms with E-state index in [-0.39, 0.29) is 0 Å². The quantitative estimate of drug-likeness (QED) is 0.862. The first-order chi connectivity index (χ1) is 9.40. The molecule has 0 bridgehead atoms. The van der Waals surface area contributed by atoms with Crippen LogP contribution in [-0.4, -0.2) is 24.6 Å². The van der Waals surface area contributed by atoms with E-state index in [2.05, 4.69) is 5.32 Å². The predicted molar refractivity (Wildman–Crippen MR) is 73.8 cm³/mol. The van der Waals surface area contributed by atoms with E-state index in [0.717, 1.165) is 12.0 Å². The molecule has 1 atom stereocenters. The molecule has 1 heterocycles. The Labute approximate surface area is 118 Å². The lowest BCUT2D eigenvalue weighted by Gasteiger charge is -2.22. The number of hydrogen-bond donors (Lipinski definition) is 1. The van der Waals surface area contributed by atoms with E-state index in [1.807, 2.05) is 12.1 Å². The lowest BCUT2D eigenvalue weighted by molar-refractivity contribution is -0.109. The molecule has 1 aromatic rings. The average Bonchev–Trinajstić information content (AvgIpc) is 2.81. The van der Waals surface area contributed by atoms with Gasteiger partial charge in [-0.3, -0.25) is 0 Å². The van der Waals surface area contributed by atoms with E-state index < -0.39 is 17.7 Å². The van der Waals surface area contributed by atoms with Gasteiger partial charge in [0.1, 0.15) is 23.7 Å². The van der Waals surface area contributed by atoms with Crippen LogP contribution >= 0.6 is 0 Å². The summed E-state index contributed by atoms with van der Waals surface area (Å²) in [6, 6.07) is 4.83. The van der Waals surface area contributed by atoms with Crippen LogP contribution in [0.2, 0.25) is 0 Å². The fourth-order valence-electron chi connectivity index (χ4n) is 2.11. The molecule has 1 unspecified atom stereocenters. The van der Waals surface area contributed by atoms with E-state index in [1.165, 1.54) is 0 Å². The fraction of sp³-hybridized carbons (Fsp3) is 0.467. The van der Waals surface area contributed by atoms with Crippen molar-refractivity contribution in [1.82, 2.24) is 5.32 Å². The number of aldehydes is 1. The number of fused-ring (bicyclic) bond motifs is 1. The van der Waals surface area contributed by atoms with Gasteiger partial charge in [-0.15, -0.1) is 0 Å². The number of alkyl carbamates (subject to hydrolysis) is 1. The van der Waals surface area contributed by atoms with Crippen molar-refractivity contribution in [3.05, 3.63) is 29.3 Å². The molecule has 0 aromatic heterocycles. The van der Waals surface area contributed by atoms with Crippen molar-refractivity contribution in [2.75, 3.05) is 6.61 Å². The summed E-state index contributed by atoms with van der Waals surface area (Å²) in [5.74, 6) is 0.695. The Morgan fingerprint density at radius 1 is 1.45 bits per heavy atom. The largest absolute Gasteiger partial charge is 0.493 e. The summed E-state index contributed by atoms with van der Waals surface area (Å²) in [4.78, 5) is 23.0. The molecule has 20 heavy (non-hydrogen) atoms. The van der Waals surface area contributed by atoms with Crippen LogP contribution in [0.3, 0.4) is 0 Å². The highest BCUT2D eigenvalue weighted by atomic mass is 16.6. The second-order valence-electron chi connectivity index (χ2n) is 5.69. The molecule has 5 heteroatoms. The van der Waals surface area contributed by atoms with Crippen molar-refractivity contribution >= 4 is 12.4 Å². The van der Waals surface area contributed by atoms with Gasteiger partial charge in [-0.05, 0) is 26.3 Å². The molecule has 0 aliphatic carbocycles. The monoisotopic (exact) mass is 277 g/mol. The number of carbonyl (C=O) groups excluding carboxylic acids is 2. The average molecular weight is 277 g/mol. The topological polar surface area (TPSA) is 64.6 Å². The maximum atomic E-state index is 11.8. The third-order valence-electron chi connectivity index (χ3n) is 2.89. The molecule has 5 nitrogen and oxygen atoms in total. The second kappa shape index (κ2) is 5.53. The summed E-state index contributed by atoms with van der Waals surface area (Å²) in [6.45, 7) is 5.91. The number of hydrogen-bond acceptors (Lipinski definition) is 4. The maximum Gasteiger partial charge on any atom is 0.408 e. The molecule has 0 saturated carbocycles. The van der Waals surface area contributed by atoms with Gasteiger partial charge in [0.25, 0.3) is 0 Å². The lowest BCUT2D eigenvalue weighted by atomic mass is 10.0. The molecule has 1 aliphatic rings. The number of nitrogens with one attached hydrogen (secondary N) is 1. The highest BCUT2D eigenvalue weighted by Crippen LogP contribution is 2.32. The van der Waals surface area contributed by atoms with Crippen LogP contribution in [0.15, 0.2) is 18.2 Å². The summed E-state index contributed by atoms with van der Waals surface area (Å²) in [5.41, 5.74) is 1.12. The Balaban J connectivity index is 2.15. The highest BCUT2D eigenvalue weighted by Gasteiger charge is 2.25. The highest BCUT2D eigenvalue weighted by molar-refractivity contribution is 5.75. The van der Waals surface area contributed by atoms with Gasteiger partial charge >= 0.3 is 6.09 Å². The zero-order valence-electron chi connectivity index (χ0n) is 11.9. The van der Waals surface area contributed by atoms with Crippen molar-refractivity contribution in [2.45, 2.75) is 38.8 Å². The minimum absolute atomic E-state index is 0.602. The molecule has 1 amide bonds. The van der Waals surface area contributed by atoms with Gasteiger partial charge < -0.3 is 19.6 Å². The minimum Gasteiger partial charge on any atom is -0.493 e. The normalized spacial score (nSPS) is 14.9. The molecule has 108 valence electrons. The number of rotatable bonds is 3. The number of benzene rings is 1. The Kier molecular flexibility index (Phi) is 3.97. The van der Waals surface area contributed by atoms with Crippen LogP contribution in [0.5, 0.6) is 5.75 Å². The molecule has 1 N–H and O–H groups in total. The molecule has 0 radical (unpaired) electrons. The molecule has 1 aliphatic heterocycles. The number of ether oxygens (including phenoxy) is 2. The van der Waals surface area contributed by atoms with Crippen molar-refractivity contribution in [2.24, 2.45) is 0 Å². The second-order valence-corrected chi connectivity index (χ2v) is 5.69. The zero-order chi connectivity index (χ0) is 14.8. The Hall–Kier alpha value is -2.04. The molecule has 0 saturated heterocycles. The Morgan fingerprint density at radius 3 is 2.85 bits per heavy atom. The third kappa shape index (κ3) is 3.29. The van der Waals surface area contributed by atoms with E-state index in [0.29, 0.717) is 24.2 Å². The molecule has 1 aromatic carbocycles. The van der Waals surface area contributed by atoms with Gasteiger partial charge in [0.2, 0.25) is 0 Å². The van der Waals surface area contributed by atoms with Crippen LogP contribution in [-0.2, 0) is 16.0 Å². The van der Waals surface area contributed by atoms with Crippen LogP contribution in [0.25, 0.3) is 0 Å². The summed E-state index contributed by atoms with van der Waals surface area (Å²) in [7, 11) is 0. The summed E-state index contributed by atoms with van der Waals surface area (Å²) in [5, 5.41) is 2.56. The van der Waals surface area contributed by atoms with Gasteiger partial charge in [0.15, 0.2) is 0 Å². The molecular formula is C15H19NO4. The fourth-order valence-corrected chi connectivity index (χ4v) is 2.11. The first-order valence-corrected chi connectivity index (χ1v) is 6.60.